The molecule has 1 saturated heterocycles. The number of nitrogens with zero attached hydrogens (tertiary/aromatic N) is 1. The molecule has 0 aromatic heterocycles. The van der Waals surface area contributed by atoms with Crippen molar-refractivity contribution in [1.82, 2.24) is 15.5 Å². The maximum Gasteiger partial charge on any atom is 0.325 e. The van der Waals surface area contributed by atoms with Gasteiger partial charge in [0.05, 0.1) is 0 Å². The van der Waals surface area contributed by atoms with Crippen LogP contribution in [0.4, 0.5) is 4.79 Å². The zero-order valence-electron chi connectivity index (χ0n) is 11.1. The molecule has 20 heavy (non-hydrogen) atoms. The van der Waals surface area contributed by atoms with Gasteiger partial charge in [0.25, 0.3) is 5.91 Å². The highest BCUT2D eigenvalue weighted by Gasteiger charge is 2.52. The molecule has 2 fully saturated rings. The van der Waals surface area contributed by atoms with E-state index in [1.54, 1.807) is 0 Å². The predicted octanol–water partition coefficient (Wildman–Crippen LogP) is -0.560. The fourth-order valence-electron chi connectivity index (χ4n) is 2.63. The second-order valence-corrected chi connectivity index (χ2v) is 5.24. The van der Waals surface area contributed by atoms with Crippen molar-refractivity contribution in [3.63, 3.8) is 0 Å². The van der Waals surface area contributed by atoms with Gasteiger partial charge in [-0.3, -0.25) is 19.3 Å². The summed E-state index contributed by atoms with van der Waals surface area (Å²) in [6, 6.07) is -1.65. The van der Waals surface area contributed by atoms with Crippen molar-refractivity contribution in [3.05, 3.63) is 0 Å². The zero-order valence-corrected chi connectivity index (χ0v) is 11.1. The monoisotopic (exact) mass is 283 g/mol. The Morgan fingerprint density at radius 2 is 2.00 bits per heavy atom. The quantitative estimate of drug-likeness (QED) is 0.598. The van der Waals surface area contributed by atoms with Crippen LogP contribution in [0.25, 0.3) is 0 Å². The Balaban J connectivity index is 1.99. The van der Waals surface area contributed by atoms with E-state index >= 15 is 0 Å². The number of hydrogen-bond acceptors (Lipinski definition) is 4. The molecule has 1 heterocycles. The summed E-state index contributed by atoms with van der Waals surface area (Å²) in [6.07, 6.45) is 2.90. The maximum atomic E-state index is 12.2. The molecule has 0 aromatic carbocycles. The summed E-state index contributed by atoms with van der Waals surface area (Å²) in [7, 11) is 0. The van der Waals surface area contributed by atoms with E-state index in [1.165, 1.54) is 6.92 Å². The van der Waals surface area contributed by atoms with E-state index in [4.69, 9.17) is 5.11 Å². The molecule has 1 atom stereocenters. The molecule has 0 bridgehead atoms. The minimum atomic E-state index is -1.18. The number of hydrogen-bond donors (Lipinski definition) is 3. The number of carboxylic acids is 1. The number of carboxylic acid groups (broad SMARTS) is 1. The van der Waals surface area contributed by atoms with Crippen LogP contribution in [0.15, 0.2) is 0 Å². The minimum Gasteiger partial charge on any atom is -0.480 e. The molecule has 0 aromatic rings. The minimum absolute atomic E-state index is 0.391. The molecule has 8 nitrogen and oxygen atoms in total. The van der Waals surface area contributed by atoms with Gasteiger partial charge < -0.3 is 15.7 Å². The van der Waals surface area contributed by atoms with Crippen LogP contribution in [0.1, 0.15) is 32.6 Å². The Hall–Kier alpha value is -2.12. The molecule has 1 saturated carbocycles. The van der Waals surface area contributed by atoms with Gasteiger partial charge in [0.1, 0.15) is 18.1 Å². The first kappa shape index (κ1) is 14.3. The number of urea groups is 1. The van der Waals surface area contributed by atoms with E-state index in [2.05, 4.69) is 10.6 Å². The first-order valence-corrected chi connectivity index (χ1v) is 6.52. The highest BCUT2D eigenvalue weighted by atomic mass is 16.4. The van der Waals surface area contributed by atoms with Gasteiger partial charge in [0.15, 0.2) is 0 Å². The second-order valence-electron chi connectivity index (χ2n) is 5.24. The van der Waals surface area contributed by atoms with Crippen molar-refractivity contribution in [3.8, 4) is 0 Å². The maximum absolute atomic E-state index is 12.2. The van der Waals surface area contributed by atoms with E-state index in [1.807, 2.05) is 0 Å². The van der Waals surface area contributed by atoms with Crippen molar-refractivity contribution in [2.45, 2.75) is 44.2 Å². The van der Waals surface area contributed by atoms with Gasteiger partial charge in [0.2, 0.25) is 5.91 Å². The fraction of sp³-hybridized carbons (Fsp3) is 0.667. The summed E-state index contributed by atoms with van der Waals surface area (Å²) >= 11 is 0. The molecule has 0 radical (unpaired) electrons. The van der Waals surface area contributed by atoms with E-state index in [0.29, 0.717) is 12.8 Å². The van der Waals surface area contributed by atoms with Gasteiger partial charge in [-0.05, 0) is 19.8 Å². The number of carbonyl (C=O) groups excluding carboxylic acids is 3. The summed E-state index contributed by atoms with van der Waals surface area (Å²) in [5.41, 5.74) is -0.851. The van der Waals surface area contributed by atoms with Crippen LogP contribution in [-0.4, -0.2) is 51.9 Å². The highest BCUT2D eigenvalue weighted by Crippen LogP contribution is 2.34. The molecular weight excluding hydrogens is 266 g/mol. The van der Waals surface area contributed by atoms with Crippen molar-refractivity contribution in [2.24, 2.45) is 0 Å². The molecule has 2 rings (SSSR count). The average Bonchev–Trinajstić information content (AvgIpc) is 2.91. The molecule has 1 aliphatic heterocycles. The van der Waals surface area contributed by atoms with Crippen LogP contribution >= 0.6 is 0 Å². The number of nitrogens with one attached hydrogen (secondary N) is 2. The fourth-order valence-corrected chi connectivity index (χ4v) is 2.63. The summed E-state index contributed by atoms with van der Waals surface area (Å²) in [6.45, 7) is 0.856. The van der Waals surface area contributed by atoms with Crippen LogP contribution in [0.3, 0.4) is 0 Å². The van der Waals surface area contributed by atoms with Crippen molar-refractivity contribution < 1.29 is 24.3 Å². The van der Waals surface area contributed by atoms with Crippen molar-refractivity contribution in [1.29, 1.82) is 0 Å². The second kappa shape index (κ2) is 5.10. The molecule has 1 aliphatic carbocycles. The van der Waals surface area contributed by atoms with E-state index in [9.17, 15) is 19.2 Å². The predicted molar refractivity (Wildman–Crippen MR) is 66.7 cm³/mol. The van der Waals surface area contributed by atoms with E-state index in [0.717, 1.165) is 17.7 Å². The highest BCUT2D eigenvalue weighted by molar-refractivity contribution is 6.09. The van der Waals surface area contributed by atoms with Crippen molar-refractivity contribution >= 4 is 23.8 Å². The first-order chi connectivity index (χ1) is 9.35. The molecular formula is C12H17N3O5. The zero-order chi connectivity index (χ0) is 14.9. The van der Waals surface area contributed by atoms with Gasteiger partial charge >= 0.3 is 12.0 Å². The number of imide groups is 1. The lowest BCUT2D eigenvalue weighted by Gasteiger charge is -2.20. The van der Waals surface area contributed by atoms with E-state index < -0.39 is 41.9 Å². The Kier molecular flexibility index (Phi) is 3.65. The normalized spacial score (nSPS) is 21.9. The lowest BCUT2D eigenvalue weighted by atomic mass is 9.98. The smallest absolute Gasteiger partial charge is 0.325 e. The van der Waals surface area contributed by atoms with Gasteiger partial charge in [-0.25, -0.2) is 4.79 Å². The molecule has 3 N–H and O–H groups in total. The Labute approximate surface area is 115 Å². The van der Waals surface area contributed by atoms with Crippen LogP contribution in [-0.2, 0) is 14.4 Å². The third-order valence-electron chi connectivity index (χ3n) is 3.75. The lowest BCUT2D eigenvalue weighted by molar-refractivity contribution is -0.141. The summed E-state index contributed by atoms with van der Waals surface area (Å²) < 4.78 is 0. The SMILES string of the molecule is C[C@@H](NC(=O)CN1C(=O)NC2(CCCC2)C1=O)C(=O)O. The molecule has 2 aliphatic rings. The largest absolute Gasteiger partial charge is 0.480 e. The third-order valence-corrected chi connectivity index (χ3v) is 3.75. The van der Waals surface area contributed by atoms with E-state index in [-0.39, 0.29) is 0 Å². The summed E-state index contributed by atoms with van der Waals surface area (Å²) in [4.78, 5) is 47.2. The molecule has 8 heteroatoms. The number of rotatable bonds is 4. The van der Waals surface area contributed by atoms with Crippen LogP contribution in [0.5, 0.6) is 0 Å². The molecule has 4 amide bonds. The van der Waals surface area contributed by atoms with Crippen LogP contribution < -0.4 is 10.6 Å². The molecule has 0 unspecified atom stereocenters. The lowest BCUT2D eigenvalue weighted by Crippen LogP contribution is -2.47. The van der Waals surface area contributed by atoms with Crippen LogP contribution in [0, 0.1) is 0 Å². The Morgan fingerprint density at radius 3 is 2.55 bits per heavy atom. The van der Waals surface area contributed by atoms with Crippen LogP contribution in [0.2, 0.25) is 0 Å². The third kappa shape index (κ3) is 2.45. The van der Waals surface area contributed by atoms with Gasteiger partial charge in [-0.1, -0.05) is 12.8 Å². The van der Waals surface area contributed by atoms with Gasteiger partial charge in [0, 0.05) is 0 Å². The Morgan fingerprint density at radius 1 is 1.40 bits per heavy atom. The topological polar surface area (TPSA) is 116 Å². The number of aliphatic carboxylic acids is 1. The summed E-state index contributed by atoms with van der Waals surface area (Å²) in [5, 5.41) is 13.6. The van der Waals surface area contributed by atoms with Gasteiger partial charge in [-0.2, -0.15) is 0 Å². The number of carbonyl (C=O) groups is 4. The number of amides is 4. The first-order valence-electron chi connectivity index (χ1n) is 6.52. The molecule has 110 valence electrons. The van der Waals surface area contributed by atoms with Gasteiger partial charge in [-0.15, -0.1) is 0 Å². The molecule has 1 spiro atoms. The van der Waals surface area contributed by atoms with Crippen molar-refractivity contribution in [2.75, 3.05) is 6.54 Å². The Bertz CT molecular complexity index is 470. The standard InChI is InChI=1S/C12H17N3O5/c1-7(9(17)18)13-8(16)6-15-10(19)12(14-11(15)20)4-2-3-5-12/h7H,2-6H2,1H3,(H,13,16)(H,14,20)(H,17,18)/t7-/m1/s1. The average molecular weight is 283 g/mol. The summed E-state index contributed by atoms with van der Waals surface area (Å²) in [5.74, 6) is -2.24.